The van der Waals surface area contributed by atoms with Crippen LogP contribution in [0, 0.1) is 0 Å². The first-order chi connectivity index (χ1) is 19.6. The highest BCUT2D eigenvalue weighted by Crippen LogP contribution is 2.40. The molecular formula is C32H23BF2N4O. The van der Waals surface area contributed by atoms with Crippen molar-refractivity contribution in [2.24, 2.45) is 0 Å². The molecule has 2 heterocycles. The monoisotopic (exact) mass is 528 g/mol. The van der Waals surface area contributed by atoms with Crippen LogP contribution in [0.5, 0.6) is 5.75 Å². The molecule has 0 saturated heterocycles. The fourth-order valence-corrected chi connectivity index (χ4v) is 5.13. The van der Waals surface area contributed by atoms with E-state index >= 15 is 8.63 Å². The minimum absolute atomic E-state index is 0.0855. The predicted octanol–water partition coefficient (Wildman–Crippen LogP) is 8.03. The molecule has 1 aliphatic rings. The van der Waals surface area contributed by atoms with Gasteiger partial charge >= 0.3 is 13.0 Å². The van der Waals surface area contributed by atoms with Crippen molar-refractivity contribution in [3.05, 3.63) is 139 Å². The molecular weight excluding hydrogens is 505 g/mol. The van der Waals surface area contributed by atoms with E-state index in [-0.39, 0.29) is 11.7 Å². The number of halogens is 2. The van der Waals surface area contributed by atoms with Crippen LogP contribution in [0.15, 0.2) is 133 Å². The third-order valence-corrected chi connectivity index (χ3v) is 6.94. The van der Waals surface area contributed by atoms with Crippen molar-refractivity contribution in [3.8, 4) is 11.4 Å². The van der Waals surface area contributed by atoms with E-state index < -0.39 is 7.04 Å². The van der Waals surface area contributed by atoms with E-state index in [2.05, 4.69) is 4.98 Å². The summed E-state index contributed by atoms with van der Waals surface area (Å²) in [6, 6.07) is 41.7. The van der Waals surface area contributed by atoms with Crippen LogP contribution in [0.4, 0.5) is 31.6 Å². The Morgan fingerprint density at radius 3 is 1.95 bits per heavy atom. The maximum atomic E-state index is 15.9. The molecule has 0 fully saturated rings. The maximum absolute atomic E-state index is 15.9. The normalized spacial score (nSPS) is 13.8. The van der Waals surface area contributed by atoms with E-state index in [0.29, 0.717) is 16.8 Å². The van der Waals surface area contributed by atoms with Gasteiger partial charge in [0, 0.05) is 34.9 Å². The second-order valence-corrected chi connectivity index (χ2v) is 9.52. The maximum Gasteiger partial charge on any atom is 0.701 e. The Morgan fingerprint density at radius 1 is 0.675 bits per heavy atom. The molecule has 5 nitrogen and oxygen atoms in total. The molecule has 0 N–H and O–H groups in total. The van der Waals surface area contributed by atoms with Gasteiger partial charge in [-0.1, -0.05) is 71.7 Å². The molecule has 1 aliphatic heterocycles. The van der Waals surface area contributed by atoms with Gasteiger partial charge in [0.05, 0.1) is 5.75 Å². The smallest absolute Gasteiger partial charge is 0.630 e. The Balaban J connectivity index is 1.37. The zero-order valence-electron chi connectivity index (χ0n) is 21.3. The molecule has 7 rings (SSSR count). The van der Waals surface area contributed by atoms with E-state index in [4.69, 9.17) is 4.65 Å². The number of para-hydroxylation sites is 5. The molecule has 0 unspecified atom stereocenters. The van der Waals surface area contributed by atoms with Gasteiger partial charge in [-0.2, -0.15) is 4.57 Å². The number of nitrogens with zero attached hydrogens (tertiary/aromatic N) is 4. The van der Waals surface area contributed by atoms with Gasteiger partial charge in [0.1, 0.15) is 11.2 Å². The van der Waals surface area contributed by atoms with Crippen LogP contribution in [0.3, 0.4) is 0 Å². The second kappa shape index (κ2) is 9.50. The molecule has 1 aromatic heterocycles. The molecule has 40 heavy (non-hydrogen) atoms. The Bertz CT molecular complexity index is 1820. The Labute approximate surface area is 229 Å². The number of benzene rings is 5. The van der Waals surface area contributed by atoms with E-state index in [1.165, 1.54) is 6.21 Å². The molecule has 0 radical (unpaired) electrons. The second-order valence-electron chi connectivity index (χ2n) is 9.52. The molecule has 0 amide bonds. The van der Waals surface area contributed by atoms with Crippen molar-refractivity contribution in [2.45, 2.75) is 0 Å². The number of hydrogen-bond acceptors (Lipinski definition) is 3. The molecule has 0 spiro atoms. The van der Waals surface area contributed by atoms with Gasteiger partial charge < -0.3 is 22.7 Å². The van der Waals surface area contributed by atoms with E-state index in [9.17, 15) is 0 Å². The van der Waals surface area contributed by atoms with Crippen molar-refractivity contribution in [3.63, 3.8) is 0 Å². The number of rotatable bonds is 5. The van der Waals surface area contributed by atoms with Gasteiger partial charge in [0.2, 0.25) is 0 Å². The summed E-state index contributed by atoms with van der Waals surface area (Å²) in [6.45, 7) is 0. The minimum atomic E-state index is -4.50. The molecule has 0 atom stereocenters. The lowest BCUT2D eigenvalue weighted by Gasteiger charge is -2.33. The zero-order chi connectivity index (χ0) is 27.1. The molecule has 0 saturated carbocycles. The van der Waals surface area contributed by atoms with E-state index in [1.54, 1.807) is 16.7 Å². The van der Waals surface area contributed by atoms with Crippen molar-refractivity contribution in [1.29, 1.82) is 0 Å². The summed E-state index contributed by atoms with van der Waals surface area (Å²) >= 11 is 0. The van der Waals surface area contributed by atoms with Crippen LogP contribution in [-0.4, -0.2) is 27.3 Å². The largest absolute Gasteiger partial charge is 0.701 e. The average molecular weight is 528 g/mol. The molecule has 5 aromatic carbocycles. The van der Waals surface area contributed by atoms with E-state index in [1.807, 2.05) is 126 Å². The van der Waals surface area contributed by atoms with Crippen LogP contribution in [-0.2, 0) is 0 Å². The number of hydrogen-bond donors (Lipinski definition) is 0. The van der Waals surface area contributed by atoms with Crippen molar-refractivity contribution >= 4 is 47.3 Å². The lowest BCUT2D eigenvalue weighted by Crippen LogP contribution is -2.47. The van der Waals surface area contributed by atoms with Crippen LogP contribution in [0.1, 0.15) is 5.56 Å². The van der Waals surface area contributed by atoms with Gasteiger partial charge in [-0.25, -0.2) is 0 Å². The fraction of sp³-hybridized carbons (Fsp3) is 0. The first-order valence-electron chi connectivity index (χ1n) is 13.0. The Morgan fingerprint density at radius 2 is 1.27 bits per heavy atom. The van der Waals surface area contributed by atoms with Crippen LogP contribution < -0.4 is 9.55 Å². The van der Waals surface area contributed by atoms with E-state index in [0.717, 1.165) is 27.1 Å². The van der Waals surface area contributed by atoms with Crippen molar-refractivity contribution in [2.75, 3.05) is 4.90 Å². The highest BCUT2D eigenvalue weighted by atomic mass is 19.3. The average Bonchev–Trinajstić information content (AvgIpc) is 3.37. The first kappa shape index (κ1) is 23.9. The summed E-state index contributed by atoms with van der Waals surface area (Å²) in [5.74, 6) is 0.195. The number of imidazole rings is 1. The summed E-state index contributed by atoms with van der Waals surface area (Å²) in [6.07, 6.45) is 1.43. The van der Waals surface area contributed by atoms with Gasteiger partial charge in [0.25, 0.3) is 0 Å². The molecule has 6 aromatic rings. The summed E-state index contributed by atoms with van der Waals surface area (Å²) in [5, 5.41) is 0. The molecule has 0 aliphatic carbocycles. The Kier molecular flexibility index (Phi) is 5.67. The summed E-state index contributed by atoms with van der Waals surface area (Å²) in [4.78, 5) is 6.62. The lowest BCUT2D eigenvalue weighted by atomic mass is 9.99. The molecule has 0 bridgehead atoms. The predicted molar refractivity (Wildman–Crippen MR) is 156 cm³/mol. The third kappa shape index (κ3) is 4.10. The standard InChI is InChI=1S/C32H23BF2N4O/c34-33(35)37(32-36-29-18-10-11-19-30(29)39(32)27-16-8-3-9-17-27)23-24-20-21-28(22-31(24)40-33)38(25-12-4-1-5-13-25)26-14-6-2-7-15-26/h1-23H. The fourth-order valence-electron chi connectivity index (χ4n) is 5.13. The van der Waals surface area contributed by atoms with Crippen LogP contribution in [0.2, 0.25) is 0 Å². The molecule has 194 valence electrons. The van der Waals surface area contributed by atoms with Crippen molar-refractivity contribution in [1.82, 2.24) is 9.55 Å². The SMILES string of the molecule is F[B-]1(F)Oc2cc(N(c3ccccc3)c3ccccc3)ccc2C=[N+]1c1nc2ccccc2n1-c1ccccc1. The zero-order valence-corrected chi connectivity index (χ0v) is 21.3. The van der Waals surface area contributed by atoms with Crippen molar-refractivity contribution < 1.29 is 17.8 Å². The van der Waals surface area contributed by atoms with Gasteiger partial charge in [0.15, 0.2) is 5.52 Å². The number of anilines is 3. The first-order valence-corrected chi connectivity index (χ1v) is 13.0. The summed E-state index contributed by atoms with van der Waals surface area (Å²) in [5.41, 5.74) is 5.13. The highest BCUT2D eigenvalue weighted by Gasteiger charge is 2.45. The number of fused-ring (bicyclic) bond motifs is 2. The van der Waals surface area contributed by atoms with Gasteiger partial charge in [-0.15, -0.1) is 0 Å². The van der Waals surface area contributed by atoms with Gasteiger partial charge in [-0.05, 0) is 60.7 Å². The third-order valence-electron chi connectivity index (χ3n) is 6.94. The van der Waals surface area contributed by atoms with Crippen LogP contribution in [0.25, 0.3) is 16.7 Å². The van der Waals surface area contributed by atoms with Crippen LogP contribution >= 0.6 is 0 Å². The lowest BCUT2D eigenvalue weighted by molar-refractivity contribution is -0.353. The summed E-state index contributed by atoms with van der Waals surface area (Å²) < 4.78 is 39.9. The minimum Gasteiger partial charge on any atom is -0.630 e. The Hall–Kier alpha value is -5.24. The highest BCUT2D eigenvalue weighted by molar-refractivity contribution is 6.53. The topological polar surface area (TPSA) is 33.3 Å². The quantitative estimate of drug-likeness (QED) is 0.213. The molecule has 8 heteroatoms. The summed E-state index contributed by atoms with van der Waals surface area (Å²) in [7, 11) is -4.50. The van der Waals surface area contributed by atoms with Gasteiger partial charge in [-0.3, -0.25) is 0 Å². The number of aromatic nitrogens is 2.